The Hall–Kier alpha value is -1.000. The fourth-order valence-electron chi connectivity index (χ4n) is 1.40. The highest BCUT2D eigenvalue weighted by molar-refractivity contribution is 7.12. The Balaban J connectivity index is 2.21. The maximum absolute atomic E-state index is 11.6. The number of aliphatic hydroxyl groups excluding tert-OH is 1. The molecule has 1 rings (SSSR count). The Morgan fingerprint density at radius 2 is 2.06 bits per heavy atom. The van der Waals surface area contributed by atoms with Gasteiger partial charge in [0.15, 0.2) is 5.78 Å². The van der Waals surface area contributed by atoms with Crippen molar-refractivity contribution in [3.63, 3.8) is 0 Å². The van der Waals surface area contributed by atoms with E-state index in [1.807, 2.05) is 11.4 Å². The number of ketones is 2. The van der Waals surface area contributed by atoms with E-state index >= 15 is 0 Å². The van der Waals surface area contributed by atoms with Gasteiger partial charge < -0.3 is 5.11 Å². The van der Waals surface area contributed by atoms with Crippen LogP contribution in [-0.2, 0) is 4.79 Å². The first kappa shape index (κ1) is 13.1. The molecular weight excluding hydrogens is 224 g/mol. The van der Waals surface area contributed by atoms with Crippen LogP contribution in [0.5, 0.6) is 0 Å². The molecular formula is C12H16O3S. The molecule has 1 aromatic heterocycles. The van der Waals surface area contributed by atoms with Gasteiger partial charge in [-0.25, -0.2) is 0 Å². The standard InChI is InChI=1S/C12H16O3S/c13-7-3-1-2-5-10(14)9-11(15)12-6-4-8-16-12/h4,6,8,13H,1-3,5,7,9H2. The number of carbonyl (C=O) groups is 2. The Bertz CT molecular complexity index is 330. The van der Waals surface area contributed by atoms with E-state index in [1.165, 1.54) is 11.3 Å². The molecule has 0 atom stereocenters. The number of carbonyl (C=O) groups excluding carboxylic acids is 2. The van der Waals surface area contributed by atoms with Gasteiger partial charge in [-0.2, -0.15) is 0 Å². The van der Waals surface area contributed by atoms with Gasteiger partial charge in [-0.05, 0) is 24.3 Å². The lowest BCUT2D eigenvalue weighted by Gasteiger charge is -1.99. The Labute approximate surface area is 99.1 Å². The second-order valence-electron chi connectivity index (χ2n) is 3.65. The number of rotatable bonds is 8. The molecule has 0 saturated carbocycles. The third-order valence-corrected chi connectivity index (χ3v) is 3.18. The maximum Gasteiger partial charge on any atom is 0.180 e. The minimum atomic E-state index is -0.0813. The van der Waals surface area contributed by atoms with Crippen molar-refractivity contribution < 1.29 is 14.7 Å². The highest BCUT2D eigenvalue weighted by atomic mass is 32.1. The molecule has 0 bridgehead atoms. The fourth-order valence-corrected chi connectivity index (χ4v) is 2.07. The van der Waals surface area contributed by atoms with E-state index in [9.17, 15) is 9.59 Å². The monoisotopic (exact) mass is 240 g/mol. The summed E-state index contributed by atoms with van der Waals surface area (Å²) in [4.78, 5) is 23.6. The maximum atomic E-state index is 11.6. The largest absolute Gasteiger partial charge is 0.396 e. The number of hydrogen-bond donors (Lipinski definition) is 1. The number of thiophene rings is 1. The summed E-state index contributed by atoms with van der Waals surface area (Å²) in [6.45, 7) is 0.169. The van der Waals surface area contributed by atoms with Gasteiger partial charge >= 0.3 is 0 Å². The zero-order valence-corrected chi connectivity index (χ0v) is 9.96. The molecule has 1 aromatic rings. The zero-order chi connectivity index (χ0) is 11.8. The van der Waals surface area contributed by atoms with Crippen LogP contribution in [0.3, 0.4) is 0 Å². The van der Waals surface area contributed by atoms with E-state index in [0.717, 1.165) is 19.3 Å². The topological polar surface area (TPSA) is 54.4 Å². The van der Waals surface area contributed by atoms with Gasteiger partial charge in [-0.3, -0.25) is 9.59 Å². The Morgan fingerprint density at radius 3 is 2.69 bits per heavy atom. The molecule has 88 valence electrons. The van der Waals surface area contributed by atoms with Crippen LogP contribution >= 0.6 is 11.3 Å². The van der Waals surface area contributed by atoms with Crippen LogP contribution in [0.4, 0.5) is 0 Å². The first-order valence-corrected chi connectivity index (χ1v) is 6.31. The number of aliphatic hydroxyl groups is 1. The zero-order valence-electron chi connectivity index (χ0n) is 9.15. The van der Waals surface area contributed by atoms with Gasteiger partial charge in [-0.15, -0.1) is 11.3 Å². The van der Waals surface area contributed by atoms with Gasteiger partial charge in [0, 0.05) is 13.0 Å². The van der Waals surface area contributed by atoms with E-state index in [0.29, 0.717) is 11.3 Å². The third kappa shape index (κ3) is 4.68. The van der Waals surface area contributed by atoms with Crippen LogP contribution in [0.25, 0.3) is 0 Å². The van der Waals surface area contributed by atoms with E-state index in [1.54, 1.807) is 6.07 Å². The molecule has 0 aliphatic carbocycles. The molecule has 0 unspecified atom stereocenters. The van der Waals surface area contributed by atoms with Gasteiger partial charge in [-0.1, -0.05) is 12.5 Å². The van der Waals surface area contributed by atoms with E-state index in [-0.39, 0.29) is 24.6 Å². The van der Waals surface area contributed by atoms with Crippen molar-refractivity contribution in [2.24, 2.45) is 0 Å². The molecule has 4 heteroatoms. The summed E-state index contributed by atoms with van der Waals surface area (Å²) in [5.41, 5.74) is 0. The van der Waals surface area contributed by atoms with E-state index in [4.69, 9.17) is 5.11 Å². The van der Waals surface area contributed by atoms with Gasteiger partial charge in [0.25, 0.3) is 0 Å². The number of unbranched alkanes of at least 4 members (excludes halogenated alkanes) is 2. The summed E-state index contributed by atoms with van der Waals surface area (Å²) in [5.74, 6) is -0.0847. The van der Waals surface area contributed by atoms with Crippen molar-refractivity contribution >= 4 is 22.9 Å². The summed E-state index contributed by atoms with van der Waals surface area (Å²) in [6.07, 6.45) is 2.79. The number of hydrogen-bond acceptors (Lipinski definition) is 4. The first-order chi connectivity index (χ1) is 7.74. The highest BCUT2D eigenvalue weighted by Gasteiger charge is 2.11. The smallest absolute Gasteiger partial charge is 0.180 e. The van der Waals surface area contributed by atoms with Crippen LogP contribution in [0.1, 0.15) is 41.8 Å². The third-order valence-electron chi connectivity index (χ3n) is 2.27. The second-order valence-corrected chi connectivity index (χ2v) is 4.60. The molecule has 0 aromatic carbocycles. The van der Waals surface area contributed by atoms with Crippen molar-refractivity contribution in [2.45, 2.75) is 32.1 Å². The summed E-state index contributed by atoms with van der Waals surface area (Å²) in [7, 11) is 0. The van der Waals surface area contributed by atoms with Crippen LogP contribution < -0.4 is 0 Å². The average Bonchev–Trinajstić information content (AvgIpc) is 2.77. The Kier molecular flexibility index (Phi) is 5.96. The molecule has 0 amide bonds. The lowest BCUT2D eigenvalue weighted by molar-refractivity contribution is -0.118. The number of Topliss-reactive ketones (excluding diaryl/α,β-unsaturated/α-hetero) is 2. The lowest BCUT2D eigenvalue weighted by atomic mass is 10.1. The van der Waals surface area contributed by atoms with Crippen molar-refractivity contribution in [1.82, 2.24) is 0 Å². The molecule has 1 heterocycles. The predicted molar refractivity (Wildman–Crippen MR) is 63.8 cm³/mol. The summed E-state index contributed by atoms with van der Waals surface area (Å²) < 4.78 is 0. The second kappa shape index (κ2) is 7.30. The SMILES string of the molecule is O=C(CCCCCO)CC(=O)c1cccs1. The quantitative estimate of drug-likeness (QED) is 0.431. The molecule has 0 spiro atoms. The van der Waals surface area contributed by atoms with Crippen LogP contribution in [0, 0.1) is 0 Å². The van der Waals surface area contributed by atoms with Gasteiger partial charge in [0.05, 0.1) is 11.3 Å². The van der Waals surface area contributed by atoms with Crippen LogP contribution in [0.2, 0.25) is 0 Å². The summed E-state index contributed by atoms with van der Waals surface area (Å²) in [5, 5.41) is 10.4. The molecule has 0 fully saturated rings. The van der Waals surface area contributed by atoms with E-state index < -0.39 is 0 Å². The molecule has 3 nitrogen and oxygen atoms in total. The molecule has 16 heavy (non-hydrogen) atoms. The van der Waals surface area contributed by atoms with Crippen molar-refractivity contribution in [3.8, 4) is 0 Å². The Morgan fingerprint density at radius 1 is 1.25 bits per heavy atom. The average molecular weight is 240 g/mol. The highest BCUT2D eigenvalue weighted by Crippen LogP contribution is 2.12. The molecule has 0 radical (unpaired) electrons. The van der Waals surface area contributed by atoms with Crippen molar-refractivity contribution in [3.05, 3.63) is 22.4 Å². The lowest BCUT2D eigenvalue weighted by Crippen LogP contribution is -2.06. The summed E-state index contributed by atoms with van der Waals surface area (Å²) >= 11 is 1.37. The minimum absolute atomic E-state index is 0.00339. The van der Waals surface area contributed by atoms with Crippen molar-refractivity contribution in [1.29, 1.82) is 0 Å². The van der Waals surface area contributed by atoms with Crippen LogP contribution in [-0.4, -0.2) is 23.3 Å². The molecule has 0 aliphatic heterocycles. The van der Waals surface area contributed by atoms with Gasteiger partial charge in [0.1, 0.15) is 5.78 Å². The van der Waals surface area contributed by atoms with E-state index in [2.05, 4.69) is 0 Å². The fraction of sp³-hybridized carbons (Fsp3) is 0.500. The van der Waals surface area contributed by atoms with Crippen LogP contribution in [0.15, 0.2) is 17.5 Å². The predicted octanol–water partition coefficient (Wildman–Crippen LogP) is 2.44. The van der Waals surface area contributed by atoms with Crippen molar-refractivity contribution in [2.75, 3.05) is 6.61 Å². The molecule has 1 N–H and O–H groups in total. The summed E-state index contributed by atoms with van der Waals surface area (Å²) in [6, 6.07) is 3.55. The normalized spacial score (nSPS) is 10.3. The first-order valence-electron chi connectivity index (χ1n) is 5.43. The molecule has 0 aliphatic rings. The van der Waals surface area contributed by atoms with Gasteiger partial charge in [0.2, 0.25) is 0 Å². The molecule has 0 saturated heterocycles. The minimum Gasteiger partial charge on any atom is -0.396 e.